The van der Waals surface area contributed by atoms with Crippen LogP contribution in [0.5, 0.6) is 5.75 Å². The summed E-state index contributed by atoms with van der Waals surface area (Å²) < 4.78 is 7.10. The number of hydrogen-bond donors (Lipinski definition) is 2. The zero-order valence-electron chi connectivity index (χ0n) is 20.4. The summed E-state index contributed by atoms with van der Waals surface area (Å²) in [6, 6.07) is 22.4. The van der Waals surface area contributed by atoms with Crippen molar-refractivity contribution in [1.29, 1.82) is 0 Å². The standard InChI is InChI=1S/C29H29BrN4O2/c1-18-15-34(16-19(2)33-18)29(35)22-10-7-20(8-11-22)24-13-26(28(31)32-14-24)36-17-23-12-9-21-5-3-4-6-25(21)27(23)30/h3-14,18-19,33H,15-17H2,1-2H3,(H2,31,32). The van der Waals surface area contributed by atoms with Crippen LogP contribution in [-0.4, -0.2) is 41.0 Å². The largest absolute Gasteiger partial charge is 0.485 e. The van der Waals surface area contributed by atoms with Crippen molar-refractivity contribution >= 4 is 38.4 Å². The van der Waals surface area contributed by atoms with Crippen LogP contribution >= 0.6 is 15.9 Å². The highest BCUT2D eigenvalue weighted by atomic mass is 79.9. The Morgan fingerprint density at radius 1 is 1.06 bits per heavy atom. The second-order valence-electron chi connectivity index (χ2n) is 9.41. The molecule has 2 unspecified atom stereocenters. The van der Waals surface area contributed by atoms with Gasteiger partial charge in [-0.1, -0.05) is 48.5 Å². The molecule has 3 N–H and O–H groups in total. The van der Waals surface area contributed by atoms with Crippen LogP contribution in [0, 0.1) is 0 Å². The Hall–Kier alpha value is -3.42. The summed E-state index contributed by atoms with van der Waals surface area (Å²) in [4.78, 5) is 19.3. The molecule has 6 nitrogen and oxygen atoms in total. The molecule has 0 bridgehead atoms. The van der Waals surface area contributed by atoms with E-state index in [1.807, 2.05) is 47.4 Å². The van der Waals surface area contributed by atoms with Gasteiger partial charge in [0.05, 0.1) is 0 Å². The number of carbonyl (C=O) groups is 1. The lowest BCUT2D eigenvalue weighted by Crippen LogP contribution is -2.55. The minimum Gasteiger partial charge on any atom is -0.485 e. The maximum Gasteiger partial charge on any atom is 0.253 e. The molecule has 1 aliphatic rings. The number of pyridine rings is 1. The molecule has 4 aromatic rings. The van der Waals surface area contributed by atoms with Gasteiger partial charge in [-0.25, -0.2) is 4.98 Å². The summed E-state index contributed by atoms with van der Waals surface area (Å²) in [6.45, 7) is 5.98. The van der Waals surface area contributed by atoms with Crippen LogP contribution in [0.2, 0.25) is 0 Å². The fourth-order valence-corrected chi connectivity index (χ4v) is 5.36. The Bertz CT molecular complexity index is 1400. The minimum absolute atomic E-state index is 0.0576. The normalized spacial score (nSPS) is 17.8. The summed E-state index contributed by atoms with van der Waals surface area (Å²) in [7, 11) is 0. The van der Waals surface area contributed by atoms with E-state index in [1.54, 1.807) is 6.20 Å². The monoisotopic (exact) mass is 544 g/mol. The molecule has 2 heterocycles. The first kappa shape index (κ1) is 24.3. The Kier molecular flexibility index (Phi) is 6.94. The number of nitrogens with two attached hydrogens (primary N) is 1. The van der Waals surface area contributed by atoms with Gasteiger partial charge in [-0.2, -0.15) is 0 Å². The number of ether oxygens (including phenoxy) is 1. The van der Waals surface area contributed by atoms with E-state index in [9.17, 15) is 4.79 Å². The number of carbonyl (C=O) groups excluding carboxylic acids is 1. The lowest BCUT2D eigenvalue weighted by atomic mass is 10.0. The molecule has 1 saturated heterocycles. The molecule has 184 valence electrons. The van der Waals surface area contributed by atoms with Gasteiger partial charge < -0.3 is 20.7 Å². The number of hydrogen-bond acceptors (Lipinski definition) is 5. The van der Waals surface area contributed by atoms with E-state index in [1.165, 1.54) is 5.39 Å². The lowest BCUT2D eigenvalue weighted by Gasteiger charge is -2.36. The second kappa shape index (κ2) is 10.3. The minimum atomic E-state index is 0.0576. The van der Waals surface area contributed by atoms with Crippen LogP contribution < -0.4 is 15.8 Å². The third kappa shape index (κ3) is 5.08. The van der Waals surface area contributed by atoms with Crippen molar-refractivity contribution in [1.82, 2.24) is 15.2 Å². The van der Waals surface area contributed by atoms with Crippen LogP contribution in [0.25, 0.3) is 21.9 Å². The highest BCUT2D eigenvalue weighted by Crippen LogP contribution is 2.31. The molecule has 0 spiro atoms. The summed E-state index contributed by atoms with van der Waals surface area (Å²) in [5, 5.41) is 5.76. The van der Waals surface area contributed by atoms with Gasteiger partial charge >= 0.3 is 0 Å². The van der Waals surface area contributed by atoms with Gasteiger partial charge in [-0.15, -0.1) is 0 Å². The third-order valence-electron chi connectivity index (χ3n) is 6.52. The Morgan fingerprint density at radius 3 is 2.53 bits per heavy atom. The SMILES string of the molecule is CC1CN(C(=O)c2ccc(-c3cnc(N)c(OCc4ccc5ccccc5c4Br)c3)cc2)CC(C)N1. The number of aromatic nitrogens is 1. The first-order chi connectivity index (χ1) is 17.4. The molecule has 5 rings (SSSR count). The van der Waals surface area contributed by atoms with Crippen molar-refractivity contribution in [2.24, 2.45) is 0 Å². The van der Waals surface area contributed by atoms with Crippen molar-refractivity contribution < 1.29 is 9.53 Å². The average Bonchev–Trinajstić information content (AvgIpc) is 2.88. The van der Waals surface area contributed by atoms with Gasteiger partial charge in [0.25, 0.3) is 5.91 Å². The number of anilines is 1. The fraction of sp³-hybridized carbons (Fsp3) is 0.241. The van der Waals surface area contributed by atoms with Crippen LogP contribution in [0.4, 0.5) is 5.82 Å². The van der Waals surface area contributed by atoms with E-state index in [0.29, 0.717) is 36.8 Å². The number of fused-ring (bicyclic) bond motifs is 1. The second-order valence-corrected chi connectivity index (χ2v) is 10.2. The molecule has 7 heteroatoms. The Labute approximate surface area is 219 Å². The average molecular weight is 545 g/mol. The van der Waals surface area contributed by atoms with Crippen molar-refractivity contribution in [3.8, 4) is 16.9 Å². The van der Waals surface area contributed by atoms with Crippen molar-refractivity contribution in [2.75, 3.05) is 18.8 Å². The van der Waals surface area contributed by atoms with Gasteiger partial charge in [-0.3, -0.25) is 4.79 Å². The quantitative estimate of drug-likeness (QED) is 0.339. The molecule has 1 fully saturated rings. The van der Waals surface area contributed by atoms with Crippen molar-refractivity contribution in [3.63, 3.8) is 0 Å². The number of halogens is 1. The number of nitrogens with one attached hydrogen (secondary N) is 1. The molecule has 0 aliphatic carbocycles. The van der Waals surface area contributed by atoms with Gasteiger partial charge in [0, 0.05) is 52.5 Å². The predicted molar refractivity (Wildman–Crippen MR) is 148 cm³/mol. The summed E-state index contributed by atoms with van der Waals surface area (Å²) in [6.07, 6.45) is 1.73. The summed E-state index contributed by atoms with van der Waals surface area (Å²) >= 11 is 3.72. The van der Waals surface area contributed by atoms with Crippen molar-refractivity contribution in [2.45, 2.75) is 32.5 Å². The predicted octanol–water partition coefficient (Wildman–Crippen LogP) is 5.65. The Morgan fingerprint density at radius 2 is 1.78 bits per heavy atom. The summed E-state index contributed by atoms with van der Waals surface area (Å²) in [5.41, 5.74) is 9.65. The summed E-state index contributed by atoms with van der Waals surface area (Å²) in [5.74, 6) is 0.920. The van der Waals surface area contributed by atoms with Crippen LogP contribution in [0.3, 0.4) is 0 Å². The van der Waals surface area contributed by atoms with E-state index in [2.05, 4.69) is 64.3 Å². The fourth-order valence-electron chi connectivity index (χ4n) is 4.75. The third-order valence-corrected chi connectivity index (χ3v) is 7.45. The van der Waals surface area contributed by atoms with Gasteiger partial charge in [-0.05, 0) is 64.3 Å². The zero-order valence-corrected chi connectivity index (χ0v) is 22.0. The maximum atomic E-state index is 13.0. The molecular formula is C29H29BrN4O2. The molecule has 1 aromatic heterocycles. The van der Waals surface area contributed by atoms with E-state index < -0.39 is 0 Å². The van der Waals surface area contributed by atoms with E-state index >= 15 is 0 Å². The number of nitrogen functional groups attached to an aromatic ring is 1. The number of rotatable bonds is 5. The smallest absolute Gasteiger partial charge is 0.253 e. The first-order valence-electron chi connectivity index (χ1n) is 12.1. The number of amides is 1. The maximum absolute atomic E-state index is 13.0. The number of nitrogens with zero attached hydrogens (tertiary/aromatic N) is 2. The Balaban J connectivity index is 1.32. The van der Waals surface area contributed by atoms with Gasteiger partial charge in [0.1, 0.15) is 6.61 Å². The first-order valence-corrected chi connectivity index (χ1v) is 12.9. The number of piperazine rings is 1. The molecule has 2 atom stereocenters. The molecule has 1 aliphatic heterocycles. The highest BCUT2D eigenvalue weighted by Gasteiger charge is 2.25. The van der Waals surface area contributed by atoms with Crippen LogP contribution in [0.15, 0.2) is 77.4 Å². The van der Waals surface area contributed by atoms with Crippen molar-refractivity contribution in [3.05, 3.63) is 88.5 Å². The highest BCUT2D eigenvalue weighted by molar-refractivity contribution is 9.10. The van der Waals surface area contributed by atoms with Crippen LogP contribution in [0.1, 0.15) is 29.8 Å². The molecule has 0 radical (unpaired) electrons. The molecular weight excluding hydrogens is 516 g/mol. The molecule has 3 aromatic carbocycles. The van der Waals surface area contributed by atoms with Crippen LogP contribution in [-0.2, 0) is 6.61 Å². The molecule has 1 amide bonds. The van der Waals surface area contributed by atoms with Gasteiger partial charge in [0.2, 0.25) is 0 Å². The number of benzene rings is 3. The molecule has 36 heavy (non-hydrogen) atoms. The topological polar surface area (TPSA) is 80.5 Å². The van der Waals surface area contributed by atoms with E-state index in [0.717, 1.165) is 26.5 Å². The van der Waals surface area contributed by atoms with E-state index in [-0.39, 0.29) is 18.0 Å². The van der Waals surface area contributed by atoms with E-state index in [4.69, 9.17) is 10.5 Å². The molecule has 0 saturated carbocycles. The zero-order chi connectivity index (χ0) is 25.2. The lowest BCUT2D eigenvalue weighted by molar-refractivity contribution is 0.0674. The van der Waals surface area contributed by atoms with Gasteiger partial charge in [0.15, 0.2) is 11.6 Å².